The molecule has 2 aromatic heterocycles. The first-order chi connectivity index (χ1) is 21.8. The summed E-state index contributed by atoms with van der Waals surface area (Å²) in [7, 11) is 0. The zero-order valence-corrected chi connectivity index (χ0v) is 25.3. The van der Waals surface area contributed by atoms with Gasteiger partial charge in [-0.05, 0) is 47.6 Å². The third-order valence-electron chi connectivity index (χ3n) is 7.82. The third-order valence-corrected chi connectivity index (χ3v) is 7.82. The molecule has 44 heavy (non-hydrogen) atoms. The van der Waals surface area contributed by atoms with E-state index in [2.05, 4.69) is 128 Å². The van der Waals surface area contributed by atoms with Gasteiger partial charge in [-0.3, -0.25) is 19.8 Å². The van der Waals surface area contributed by atoms with Gasteiger partial charge in [-0.15, -0.1) is 0 Å². The van der Waals surface area contributed by atoms with E-state index in [1.54, 1.807) is 0 Å². The number of dihydropyridines is 4. The first-order valence-corrected chi connectivity index (χ1v) is 15.5. The second kappa shape index (κ2) is 15.2. The van der Waals surface area contributed by atoms with E-state index >= 15 is 0 Å². The monoisotopic (exact) mass is 586 g/mol. The largest absolute Gasteiger partial charge is 0.384 e. The number of rotatable bonds is 13. The van der Waals surface area contributed by atoms with Gasteiger partial charge in [0.1, 0.15) is 0 Å². The Balaban J connectivity index is 1.10. The normalized spacial score (nSPS) is 17.2. The van der Waals surface area contributed by atoms with Crippen molar-refractivity contribution in [1.29, 1.82) is 0 Å². The minimum atomic E-state index is 0.809. The molecule has 0 amide bonds. The van der Waals surface area contributed by atoms with Crippen LogP contribution in [-0.4, -0.2) is 72.1 Å². The molecule has 4 N–H and O–H groups in total. The highest BCUT2D eigenvalue weighted by Gasteiger charge is 2.15. The highest BCUT2D eigenvalue weighted by molar-refractivity contribution is 5.54. The van der Waals surface area contributed by atoms with Crippen LogP contribution in [0.5, 0.6) is 0 Å². The molecule has 0 bridgehead atoms. The Labute approximate surface area is 261 Å². The highest BCUT2D eigenvalue weighted by Crippen LogP contribution is 2.18. The Hall–Kier alpha value is -4.66. The maximum absolute atomic E-state index is 4.81. The van der Waals surface area contributed by atoms with E-state index in [0.29, 0.717) is 0 Å². The average Bonchev–Trinajstić information content (AvgIpc) is 3.07. The summed E-state index contributed by atoms with van der Waals surface area (Å²) in [6.07, 6.45) is 29.7. The molecule has 0 saturated carbocycles. The van der Waals surface area contributed by atoms with Crippen LogP contribution in [0.3, 0.4) is 0 Å². The molecule has 0 spiro atoms. The van der Waals surface area contributed by atoms with E-state index in [-0.39, 0.29) is 0 Å². The lowest BCUT2D eigenvalue weighted by Crippen LogP contribution is -2.35. The van der Waals surface area contributed by atoms with Crippen molar-refractivity contribution in [2.75, 3.05) is 52.4 Å². The molecule has 6 heterocycles. The molecule has 0 aromatic carbocycles. The average molecular weight is 587 g/mol. The lowest BCUT2D eigenvalue weighted by atomic mass is 10.1. The van der Waals surface area contributed by atoms with Gasteiger partial charge in [0, 0.05) is 101 Å². The van der Waals surface area contributed by atoms with Crippen LogP contribution in [0.2, 0.25) is 0 Å². The molecular formula is C36H42N8. The number of hydrogen-bond donors (Lipinski definition) is 4. The first kappa shape index (κ1) is 29.4. The van der Waals surface area contributed by atoms with Gasteiger partial charge in [-0.1, -0.05) is 60.7 Å². The standard InChI is InChI=1S/C36H42N8/c1-5-17-37-31(9-1)25-43(26-32-10-2-6-18-38-32)23-29-13-15-35(41-21-29)36-16-14-30(22-42-36)24-44(27-33-11-3-7-19-39-33)28-34-12-4-8-20-40-34/h1-16,21-22,37-40H,17-20,23-28H2. The van der Waals surface area contributed by atoms with E-state index < -0.39 is 0 Å². The SMILES string of the molecule is C1=CCNC(CN(CC2=CC=CCN2)Cc2ccc(-c3ccc(CN(CC4=CC=CCN4)CC4=CC=CCN4)cn3)nc2)=C1. The third kappa shape index (κ3) is 8.69. The van der Waals surface area contributed by atoms with Gasteiger partial charge in [0.05, 0.1) is 11.4 Å². The summed E-state index contributed by atoms with van der Waals surface area (Å²) in [4.78, 5) is 14.5. The number of hydrogen-bond acceptors (Lipinski definition) is 8. The summed E-state index contributed by atoms with van der Waals surface area (Å²) in [5, 5.41) is 14.0. The van der Waals surface area contributed by atoms with Crippen LogP contribution in [0.4, 0.5) is 0 Å². The zero-order chi connectivity index (χ0) is 29.8. The van der Waals surface area contributed by atoms with Crippen molar-refractivity contribution in [1.82, 2.24) is 41.0 Å². The fourth-order valence-corrected chi connectivity index (χ4v) is 5.59. The van der Waals surface area contributed by atoms with Crippen molar-refractivity contribution in [3.63, 3.8) is 0 Å². The molecule has 0 unspecified atom stereocenters. The molecule has 0 aliphatic carbocycles. The molecule has 0 fully saturated rings. The molecule has 226 valence electrons. The molecule has 4 aliphatic rings. The molecular weight excluding hydrogens is 544 g/mol. The van der Waals surface area contributed by atoms with Crippen LogP contribution in [0.25, 0.3) is 11.4 Å². The Bertz CT molecular complexity index is 1320. The molecule has 4 aliphatic heterocycles. The highest BCUT2D eigenvalue weighted by atomic mass is 15.2. The van der Waals surface area contributed by atoms with Crippen LogP contribution in [0.15, 0.2) is 132 Å². The van der Waals surface area contributed by atoms with Crippen molar-refractivity contribution in [3.8, 4) is 11.4 Å². The summed E-state index contributed by atoms with van der Waals surface area (Å²) >= 11 is 0. The smallest absolute Gasteiger partial charge is 0.0886 e. The lowest BCUT2D eigenvalue weighted by molar-refractivity contribution is 0.301. The van der Waals surface area contributed by atoms with E-state index in [4.69, 9.17) is 9.97 Å². The van der Waals surface area contributed by atoms with E-state index in [9.17, 15) is 0 Å². The van der Waals surface area contributed by atoms with E-state index in [0.717, 1.165) is 76.8 Å². The summed E-state index contributed by atoms with van der Waals surface area (Å²) in [5.74, 6) is 0. The van der Waals surface area contributed by atoms with Gasteiger partial charge in [0.25, 0.3) is 0 Å². The van der Waals surface area contributed by atoms with E-state index in [1.165, 1.54) is 33.9 Å². The van der Waals surface area contributed by atoms with Crippen molar-refractivity contribution in [2.24, 2.45) is 0 Å². The summed E-state index contributed by atoms with van der Waals surface area (Å²) in [6.45, 7) is 8.53. The number of pyridine rings is 2. The second-order valence-corrected chi connectivity index (χ2v) is 11.4. The fourth-order valence-electron chi connectivity index (χ4n) is 5.59. The van der Waals surface area contributed by atoms with Crippen molar-refractivity contribution in [2.45, 2.75) is 13.1 Å². The zero-order valence-electron chi connectivity index (χ0n) is 25.3. The van der Waals surface area contributed by atoms with Crippen molar-refractivity contribution < 1.29 is 0 Å². The molecule has 6 rings (SSSR count). The number of aromatic nitrogens is 2. The maximum atomic E-state index is 4.81. The number of nitrogens with zero attached hydrogens (tertiary/aromatic N) is 4. The Morgan fingerprint density at radius 3 is 1.05 bits per heavy atom. The van der Waals surface area contributed by atoms with Gasteiger partial charge in [0.15, 0.2) is 0 Å². The number of nitrogens with one attached hydrogen (secondary N) is 4. The van der Waals surface area contributed by atoms with E-state index in [1.807, 2.05) is 12.4 Å². The summed E-state index contributed by atoms with van der Waals surface area (Å²) in [6, 6.07) is 8.53. The first-order valence-electron chi connectivity index (χ1n) is 15.5. The van der Waals surface area contributed by atoms with Gasteiger partial charge >= 0.3 is 0 Å². The predicted octanol–water partition coefficient (Wildman–Crippen LogP) is 3.92. The van der Waals surface area contributed by atoms with Gasteiger partial charge in [-0.2, -0.15) is 0 Å². The topological polar surface area (TPSA) is 80.4 Å². The fraction of sp³-hybridized carbons (Fsp3) is 0.278. The van der Waals surface area contributed by atoms with Crippen molar-refractivity contribution >= 4 is 0 Å². The summed E-state index contributed by atoms with van der Waals surface area (Å²) < 4.78 is 0. The van der Waals surface area contributed by atoms with Gasteiger partial charge in [-0.25, -0.2) is 0 Å². The van der Waals surface area contributed by atoms with Crippen LogP contribution < -0.4 is 21.3 Å². The molecule has 8 nitrogen and oxygen atoms in total. The quantitative estimate of drug-likeness (QED) is 0.281. The molecule has 2 aromatic rings. The molecule has 8 heteroatoms. The van der Waals surface area contributed by atoms with Crippen LogP contribution >= 0.6 is 0 Å². The number of allylic oxidation sites excluding steroid dienone is 8. The molecule has 0 saturated heterocycles. The Morgan fingerprint density at radius 1 is 0.455 bits per heavy atom. The van der Waals surface area contributed by atoms with Gasteiger partial charge in [0.2, 0.25) is 0 Å². The lowest BCUT2D eigenvalue weighted by Gasteiger charge is -2.27. The Morgan fingerprint density at radius 2 is 0.795 bits per heavy atom. The van der Waals surface area contributed by atoms with Crippen molar-refractivity contribution in [3.05, 3.63) is 143 Å². The van der Waals surface area contributed by atoms with Gasteiger partial charge < -0.3 is 21.3 Å². The molecule has 0 atom stereocenters. The van der Waals surface area contributed by atoms with Crippen LogP contribution in [0.1, 0.15) is 11.1 Å². The van der Waals surface area contributed by atoms with Crippen LogP contribution in [0, 0.1) is 0 Å². The van der Waals surface area contributed by atoms with Crippen LogP contribution in [-0.2, 0) is 13.1 Å². The molecule has 0 radical (unpaired) electrons. The minimum Gasteiger partial charge on any atom is -0.384 e. The maximum Gasteiger partial charge on any atom is 0.0886 e. The minimum absolute atomic E-state index is 0.809. The summed E-state index contributed by atoms with van der Waals surface area (Å²) in [5.41, 5.74) is 9.08. The second-order valence-electron chi connectivity index (χ2n) is 11.4. The predicted molar refractivity (Wildman–Crippen MR) is 179 cm³/mol. The Kier molecular flexibility index (Phi) is 10.1.